The van der Waals surface area contributed by atoms with E-state index in [2.05, 4.69) is 4.99 Å². The largest absolute Gasteiger partial charge is 0.496 e. The van der Waals surface area contributed by atoms with E-state index in [1.807, 2.05) is 54.8 Å². The molecule has 0 aliphatic heterocycles. The minimum Gasteiger partial charge on any atom is -0.496 e. The summed E-state index contributed by atoms with van der Waals surface area (Å²) in [5, 5.41) is 0. The minimum atomic E-state index is -0.165. The molecule has 0 bridgehead atoms. The van der Waals surface area contributed by atoms with Crippen LogP contribution in [0.2, 0.25) is 0 Å². The van der Waals surface area contributed by atoms with Gasteiger partial charge in [-0.1, -0.05) is 29.5 Å². The van der Waals surface area contributed by atoms with Crippen molar-refractivity contribution in [3.63, 3.8) is 0 Å². The lowest BCUT2D eigenvalue weighted by atomic mass is 10.1. The highest BCUT2D eigenvalue weighted by molar-refractivity contribution is 7.16. The number of fused-ring (bicyclic) bond motifs is 1. The van der Waals surface area contributed by atoms with E-state index in [0.29, 0.717) is 11.3 Å². The van der Waals surface area contributed by atoms with E-state index < -0.39 is 0 Å². The smallest absolute Gasteiger partial charge is 0.252 e. The number of benzene rings is 2. The highest BCUT2D eigenvalue weighted by Crippen LogP contribution is 2.27. The van der Waals surface area contributed by atoms with E-state index in [9.17, 15) is 4.79 Å². The van der Waals surface area contributed by atoms with Gasteiger partial charge in [0, 0.05) is 6.54 Å². The van der Waals surface area contributed by atoms with Gasteiger partial charge in [-0.05, 0) is 43.2 Å². The molecule has 3 aromatic rings. The van der Waals surface area contributed by atoms with Gasteiger partial charge in [0.05, 0.1) is 25.3 Å². The number of aromatic nitrogens is 1. The maximum Gasteiger partial charge on any atom is 0.252 e. The lowest BCUT2D eigenvalue weighted by molar-refractivity contribution is -0.117. The molecule has 0 radical (unpaired) electrons. The Labute approximate surface area is 156 Å². The summed E-state index contributed by atoms with van der Waals surface area (Å²) in [4.78, 5) is 17.6. The number of methoxy groups -OCH3 is 2. The molecule has 0 saturated carbocycles. The molecule has 6 heteroatoms. The van der Waals surface area contributed by atoms with Crippen molar-refractivity contribution < 1.29 is 14.3 Å². The molecule has 0 N–H and O–H groups in total. The normalized spacial score (nSPS) is 11.8. The molecule has 0 fully saturated rings. The summed E-state index contributed by atoms with van der Waals surface area (Å²) in [5.74, 6) is 1.45. The van der Waals surface area contributed by atoms with Crippen molar-refractivity contribution in [3.05, 3.63) is 52.3 Å². The zero-order valence-corrected chi connectivity index (χ0v) is 16.2. The van der Waals surface area contributed by atoms with Crippen molar-refractivity contribution in [1.29, 1.82) is 0 Å². The van der Waals surface area contributed by atoms with Crippen LogP contribution in [-0.2, 0) is 17.8 Å². The topological polar surface area (TPSA) is 52.8 Å². The first-order chi connectivity index (χ1) is 12.6. The molecule has 1 aromatic heterocycles. The standard InChI is InChI=1S/C20H22N2O3S/c1-5-22-19-16(25-4)7-6-8-17(19)26-20(22)21-18(23)12-14-9-10-15(24-3)13(2)11-14/h6-11H,5,12H2,1-4H3. The van der Waals surface area contributed by atoms with Crippen molar-refractivity contribution in [2.24, 2.45) is 4.99 Å². The quantitative estimate of drug-likeness (QED) is 0.688. The van der Waals surface area contributed by atoms with E-state index in [-0.39, 0.29) is 12.3 Å². The van der Waals surface area contributed by atoms with Gasteiger partial charge in [-0.3, -0.25) is 4.79 Å². The number of hydrogen-bond donors (Lipinski definition) is 0. The minimum absolute atomic E-state index is 0.165. The molecule has 0 spiro atoms. The van der Waals surface area contributed by atoms with Crippen molar-refractivity contribution in [2.45, 2.75) is 26.8 Å². The molecular weight excluding hydrogens is 348 g/mol. The van der Waals surface area contributed by atoms with Crippen LogP contribution in [0.25, 0.3) is 10.2 Å². The lowest BCUT2D eigenvalue weighted by Crippen LogP contribution is -2.16. The van der Waals surface area contributed by atoms with E-state index >= 15 is 0 Å². The van der Waals surface area contributed by atoms with E-state index in [0.717, 1.165) is 32.8 Å². The molecule has 136 valence electrons. The summed E-state index contributed by atoms with van der Waals surface area (Å²) >= 11 is 1.50. The van der Waals surface area contributed by atoms with Gasteiger partial charge in [-0.15, -0.1) is 0 Å². The Morgan fingerprint density at radius 1 is 1.15 bits per heavy atom. The molecule has 0 atom stereocenters. The summed E-state index contributed by atoms with van der Waals surface area (Å²) in [6.07, 6.45) is 0.264. The summed E-state index contributed by atoms with van der Waals surface area (Å²) in [6, 6.07) is 11.6. The number of aryl methyl sites for hydroxylation is 2. The fourth-order valence-corrected chi connectivity index (χ4v) is 4.14. The third-order valence-electron chi connectivity index (χ3n) is 4.24. The lowest BCUT2D eigenvalue weighted by Gasteiger charge is -2.06. The number of carbonyl (C=O) groups excluding carboxylic acids is 1. The van der Waals surface area contributed by atoms with Crippen LogP contribution < -0.4 is 14.3 Å². The van der Waals surface area contributed by atoms with Gasteiger partial charge in [-0.2, -0.15) is 4.99 Å². The predicted octanol–water partition coefficient (Wildman–Crippen LogP) is 3.72. The van der Waals surface area contributed by atoms with Gasteiger partial charge >= 0.3 is 0 Å². The van der Waals surface area contributed by atoms with Crippen LogP contribution in [0.15, 0.2) is 41.4 Å². The first-order valence-electron chi connectivity index (χ1n) is 8.44. The van der Waals surface area contributed by atoms with Crippen LogP contribution >= 0.6 is 11.3 Å². The van der Waals surface area contributed by atoms with Crippen LogP contribution in [0.4, 0.5) is 0 Å². The van der Waals surface area contributed by atoms with E-state index in [4.69, 9.17) is 9.47 Å². The molecule has 0 aliphatic rings. The van der Waals surface area contributed by atoms with Gasteiger partial charge in [0.15, 0.2) is 4.80 Å². The number of para-hydroxylation sites is 1. The Kier molecular flexibility index (Phi) is 5.42. The molecule has 0 unspecified atom stereocenters. The second-order valence-electron chi connectivity index (χ2n) is 5.92. The third-order valence-corrected chi connectivity index (χ3v) is 5.28. The number of rotatable bonds is 5. The second kappa shape index (κ2) is 7.74. The molecule has 5 nitrogen and oxygen atoms in total. The van der Waals surface area contributed by atoms with Gasteiger partial charge in [0.1, 0.15) is 17.0 Å². The number of thiazole rings is 1. The Bertz CT molecular complexity index is 1020. The number of carbonyl (C=O) groups is 1. The van der Waals surface area contributed by atoms with Gasteiger partial charge in [0.2, 0.25) is 0 Å². The number of ether oxygens (including phenoxy) is 2. The van der Waals surface area contributed by atoms with Crippen molar-refractivity contribution in [1.82, 2.24) is 4.57 Å². The zero-order valence-electron chi connectivity index (χ0n) is 15.4. The Hall–Kier alpha value is -2.60. The van der Waals surface area contributed by atoms with E-state index in [1.165, 1.54) is 11.3 Å². The highest BCUT2D eigenvalue weighted by atomic mass is 32.1. The van der Waals surface area contributed by atoms with Crippen molar-refractivity contribution >= 4 is 27.5 Å². The van der Waals surface area contributed by atoms with Crippen molar-refractivity contribution in [3.8, 4) is 11.5 Å². The molecule has 1 heterocycles. The molecule has 0 saturated heterocycles. The molecule has 2 aromatic carbocycles. The Balaban J connectivity index is 1.96. The number of nitrogens with zero attached hydrogens (tertiary/aromatic N) is 2. The Morgan fingerprint density at radius 2 is 1.92 bits per heavy atom. The maximum absolute atomic E-state index is 12.5. The van der Waals surface area contributed by atoms with Crippen LogP contribution in [-0.4, -0.2) is 24.7 Å². The van der Waals surface area contributed by atoms with Crippen LogP contribution in [0.5, 0.6) is 11.5 Å². The fourth-order valence-electron chi connectivity index (χ4n) is 3.01. The predicted molar refractivity (Wildman–Crippen MR) is 104 cm³/mol. The number of amides is 1. The summed E-state index contributed by atoms with van der Waals surface area (Å²) in [6.45, 7) is 4.72. The first kappa shape index (κ1) is 18.2. The van der Waals surface area contributed by atoms with Gasteiger partial charge in [0.25, 0.3) is 5.91 Å². The fraction of sp³-hybridized carbons (Fsp3) is 0.300. The first-order valence-corrected chi connectivity index (χ1v) is 9.26. The third kappa shape index (κ3) is 3.51. The monoisotopic (exact) mass is 370 g/mol. The SMILES string of the molecule is CCn1c(=NC(=O)Cc2ccc(OC)c(C)c2)sc2cccc(OC)c21. The summed E-state index contributed by atoms with van der Waals surface area (Å²) in [7, 11) is 3.29. The average Bonchev–Trinajstić information content (AvgIpc) is 2.98. The van der Waals surface area contributed by atoms with Gasteiger partial charge in [-0.25, -0.2) is 0 Å². The van der Waals surface area contributed by atoms with Crippen LogP contribution in [0, 0.1) is 6.92 Å². The number of hydrogen-bond acceptors (Lipinski definition) is 4. The summed E-state index contributed by atoms with van der Waals surface area (Å²) < 4.78 is 13.8. The summed E-state index contributed by atoms with van der Waals surface area (Å²) in [5.41, 5.74) is 2.92. The second-order valence-corrected chi connectivity index (χ2v) is 6.93. The van der Waals surface area contributed by atoms with Crippen LogP contribution in [0.3, 0.4) is 0 Å². The van der Waals surface area contributed by atoms with E-state index in [1.54, 1.807) is 14.2 Å². The van der Waals surface area contributed by atoms with Crippen molar-refractivity contribution in [2.75, 3.05) is 14.2 Å². The molecule has 3 rings (SSSR count). The molecular formula is C20H22N2O3S. The maximum atomic E-state index is 12.5. The van der Waals surface area contributed by atoms with Gasteiger partial charge < -0.3 is 14.0 Å². The zero-order chi connectivity index (χ0) is 18.7. The van der Waals surface area contributed by atoms with Crippen LogP contribution in [0.1, 0.15) is 18.1 Å². The molecule has 26 heavy (non-hydrogen) atoms. The average molecular weight is 370 g/mol. The molecule has 0 aliphatic carbocycles. The highest BCUT2D eigenvalue weighted by Gasteiger charge is 2.11. The Morgan fingerprint density at radius 3 is 2.58 bits per heavy atom. The molecule has 1 amide bonds.